The summed E-state index contributed by atoms with van der Waals surface area (Å²) >= 11 is 0. The van der Waals surface area contributed by atoms with Crippen molar-refractivity contribution in [3.63, 3.8) is 0 Å². The van der Waals surface area contributed by atoms with E-state index < -0.39 is 15.6 Å². The van der Waals surface area contributed by atoms with Gasteiger partial charge in [0.05, 0.1) is 5.69 Å². The predicted molar refractivity (Wildman–Crippen MR) is 97.0 cm³/mol. The summed E-state index contributed by atoms with van der Waals surface area (Å²) in [6.07, 6.45) is 0.878. The summed E-state index contributed by atoms with van der Waals surface area (Å²) in [5, 5.41) is 1.69. The van der Waals surface area contributed by atoms with E-state index in [9.17, 15) is 18.0 Å². The van der Waals surface area contributed by atoms with Gasteiger partial charge in [0.2, 0.25) is 0 Å². The maximum atomic E-state index is 10.8. The Labute approximate surface area is 160 Å². The molecule has 28 heavy (non-hydrogen) atoms. The number of nitrogens with two attached hydrogens (primary N) is 1. The number of hydrazine groups is 1. The molecule has 0 fully saturated rings. The number of halogens is 3. The number of carbonyl (C=O) groups excluding carboxylic acids is 1. The molecule has 0 unspecified atom stereocenters. The zero-order valence-corrected chi connectivity index (χ0v) is 15.6. The molecule has 7 nitrogen and oxygen atoms in total. The lowest BCUT2D eigenvalue weighted by Gasteiger charge is -2.18. The quantitative estimate of drug-likeness (QED) is 0.191. The van der Waals surface area contributed by atoms with E-state index in [0.29, 0.717) is 5.75 Å². The summed E-state index contributed by atoms with van der Waals surface area (Å²) < 4.78 is 62.5. The lowest BCUT2D eigenvalue weighted by atomic mass is 10.1. The van der Waals surface area contributed by atoms with Crippen molar-refractivity contribution in [1.82, 2.24) is 0 Å². The number of ether oxygens (including phenoxy) is 1. The standard InChI is InChI=1S/C16H18N2O2.CHF3O3S/c1-13(19)20-16-9-7-15(8-10-16)18(17)12-11-14-5-3-2-4-6-14;2-1(3,4)8(5,6)7/h2-10H,11-12,17H2,1H3;(H,5,6,7). The van der Waals surface area contributed by atoms with Crippen molar-refractivity contribution in [2.45, 2.75) is 18.9 Å². The number of esters is 1. The molecule has 0 atom stereocenters. The number of hydrogen-bond donors (Lipinski definition) is 2. The number of benzene rings is 2. The van der Waals surface area contributed by atoms with E-state index in [4.69, 9.17) is 23.6 Å². The lowest BCUT2D eigenvalue weighted by Crippen LogP contribution is -2.32. The minimum absolute atomic E-state index is 0.327. The fourth-order valence-corrected chi connectivity index (χ4v) is 1.89. The normalized spacial score (nSPS) is 11.2. The van der Waals surface area contributed by atoms with Gasteiger partial charge in [0, 0.05) is 13.5 Å². The van der Waals surface area contributed by atoms with Crippen LogP contribution in [0.3, 0.4) is 0 Å². The van der Waals surface area contributed by atoms with Gasteiger partial charge >= 0.3 is 21.6 Å². The highest BCUT2D eigenvalue weighted by atomic mass is 32.2. The van der Waals surface area contributed by atoms with Gasteiger partial charge in [-0.2, -0.15) is 21.6 Å². The van der Waals surface area contributed by atoms with Gasteiger partial charge in [0.15, 0.2) is 0 Å². The van der Waals surface area contributed by atoms with Gasteiger partial charge in [0.25, 0.3) is 0 Å². The molecule has 0 aliphatic heterocycles. The molecule has 0 saturated heterocycles. The first-order valence-corrected chi connectivity index (χ1v) is 9.22. The number of alkyl halides is 3. The van der Waals surface area contributed by atoms with Crippen LogP contribution >= 0.6 is 0 Å². The first-order valence-electron chi connectivity index (χ1n) is 7.78. The number of hydrogen-bond acceptors (Lipinski definition) is 6. The van der Waals surface area contributed by atoms with Crippen LogP contribution in [-0.4, -0.2) is 31.0 Å². The van der Waals surface area contributed by atoms with Crippen LogP contribution in [0.5, 0.6) is 5.75 Å². The Bertz CT molecular complexity index is 857. The van der Waals surface area contributed by atoms with E-state index in [1.807, 2.05) is 30.3 Å². The molecule has 0 radical (unpaired) electrons. The van der Waals surface area contributed by atoms with E-state index >= 15 is 0 Å². The SMILES string of the molecule is CC(=O)Oc1ccc(N(N)CCc2ccccc2)cc1.O=S(=O)(O)C(F)(F)F. The highest BCUT2D eigenvalue weighted by Crippen LogP contribution is 2.20. The molecule has 0 amide bonds. The molecule has 0 aromatic heterocycles. The van der Waals surface area contributed by atoms with Gasteiger partial charge in [-0.15, -0.1) is 0 Å². The third-order valence-electron chi connectivity index (χ3n) is 3.21. The Morgan fingerprint density at radius 3 is 2.04 bits per heavy atom. The van der Waals surface area contributed by atoms with Crippen molar-refractivity contribution in [2.75, 3.05) is 11.6 Å². The van der Waals surface area contributed by atoms with Crippen molar-refractivity contribution in [1.29, 1.82) is 0 Å². The van der Waals surface area contributed by atoms with Crippen molar-refractivity contribution in [3.8, 4) is 5.75 Å². The molecule has 0 aliphatic carbocycles. The van der Waals surface area contributed by atoms with Crippen molar-refractivity contribution in [3.05, 3.63) is 60.2 Å². The van der Waals surface area contributed by atoms with E-state index in [0.717, 1.165) is 18.7 Å². The van der Waals surface area contributed by atoms with Gasteiger partial charge < -0.3 is 9.75 Å². The van der Waals surface area contributed by atoms with Crippen LogP contribution in [0.25, 0.3) is 0 Å². The van der Waals surface area contributed by atoms with Crippen LogP contribution in [0.15, 0.2) is 54.6 Å². The Morgan fingerprint density at radius 1 is 1.11 bits per heavy atom. The number of rotatable bonds is 5. The highest BCUT2D eigenvalue weighted by Gasteiger charge is 2.44. The smallest absolute Gasteiger partial charge is 0.427 e. The van der Waals surface area contributed by atoms with Crippen LogP contribution < -0.4 is 15.6 Å². The van der Waals surface area contributed by atoms with Crippen molar-refractivity contribution < 1.29 is 35.7 Å². The molecule has 0 aliphatic rings. The molecule has 0 heterocycles. The van der Waals surface area contributed by atoms with E-state index in [1.165, 1.54) is 12.5 Å². The minimum Gasteiger partial charge on any atom is -0.427 e. The summed E-state index contributed by atoms with van der Waals surface area (Å²) in [6, 6.07) is 17.3. The first kappa shape index (κ1) is 23.4. The lowest BCUT2D eigenvalue weighted by molar-refractivity contribution is -0.131. The molecule has 2 aromatic rings. The number of anilines is 1. The Balaban J connectivity index is 0.000000416. The molecule has 3 N–H and O–H groups in total. The van der Waals surface area contributed by atoms with E-state index in [-0.39, 0.29) is 5.97 Å². The molecule has 154 valence electrons. The summed E-state index contributed by atoms with van der Waals surface area (Å²) in [5.41, 5.74) is -3.40. The van der Waals surface area contributed by atoms with Gasteiger partial charge in [-0.25, -0.2) is 5.84 Å². The van der Waals surface area contributed by atoms with Gasteiger partial charge in [-0.3, -0.25) is 9.35 Å². The third-order valence-corrected chi connectivity index (χ3v) is 3.79. The van der Waals surface area contributed by atoms with Crippen molar-refractivity contribution >= 4 is 21.8 Å². The van der Waals surface area contributed by atoms with Crippen LogP contribution in [0.2, 0.25) is 0 Å². The summed E-state index contributed by atoms with van der Waals surface area (Å²) in [4.78, 5) is 10.8. The number of nitrogens with zero attached hydrogens (tertiary/aromatic N) is 1. The topological polar surface area (TPSA) is 110 Å². The minimum atomic E-state index is -5.84. The number of carbonyl (C=O) groups is 1. The molecule has 0 saturated carbocycles. The highest BCUT2D eigenvalue weighted by molar-refractivity contribution is 7.86. The maximum absolute atomic E-state index is 10.8. The molecular weight excluding hydrogens is 401 g/mol. The first-order chi connectivity index (χ1) is 12.9. The average Bonchev–Trinajstić information content (AvgIpc) is 2.59. The average molecular weight is 420 g/mol. The summed E-state index contributed by atoms with van der Waals surface area (Å²) in [6.45, 7) is 2.10. The zero-order valence-electron chi connectivity index (χ0n) is 14.8. The Kier molecular flexibility index (Phi) is 8.41. The molecule has 11 heteroatoms. The second-order valence-electron chi connectivity index (χ2n) is 5.44. The van der Waals surface area contributed by atoms with Crippen molar-refractivity contribution in [2.24, 2.45) is 5.84 Å². The fourth-order valence-electron chi connectivity index (χ4n) is 1.89. The second-order valence-corrected chi connectivity index (χ2v) is 6.85. The van der Waals surface area contributed by atoms with Gasteiger partial charge in [-0.05, 0) is 36.2 Å². The summed E-state index contributed by atoms with van der Waals surface area (Å²) in [5.74, 6) is 6.22. The molecule has 0 bridgehead atoms. The van der Waals surface area contributed by atoms with Crippen LogP contribution in [0.4, 0.5) is 18.9 Å². The second kappa shape index (κ2) is 10.1. The predicted octanol–water partition coefficient (Wildman–Crippen LogP) is 2.93. The molecule has 2 rings (SSSR count). The van der Waals surface area contributed by atoms with E-state index in [1.54, 1.807) is 17.1 Å². The third kappa shape index (κ3) is 8.37. The summed E-state index contributed by atoms with van der Waals surface area (Å²) in [7, 11) is -5.84. The van der Waals surface area contributed by atoms with Gasteiger partial charge in [-0.1, -0.05) is 30.3 Å². The van der Waals surface area contributed by atoms with Crippen LogP contribution in [0.1, 0.15) is 12.5 Å². The van der Waals surface area contributed by atoms with E-state index in [2.05, 4.69) is 12.1 Å². The Hall–Kier alpha value is -2.63. The maximum Gasteiger partial charge on any atom is 0.522 e. The van der Waals surface area contributed by atoms with Crippen LogP contribution in [0, 0.1) is 0 Å². The molecule has 2 aromatic carbocycles. The Morgan fingerprint density at radius 2 is 1.61 bits per heavy atom. The fraction of sp³-hybridized carbons (Fsp3) is 0.235. The zero-order chi connectivity index (χ0) is 21.4. The van der Waals surface area contributed by atoms with Gasteiger partial charge in [0.1, 0.15) is 5.75 Å². The monoisotopic (exact) mass is 420 g/mol. The largest absolute Gasteiger partial charge is 0.522 e. The molecular formula is C17H19F3N2O5S. The van der Waals surface area contributed by atoms with Crippen LogP contribution in [-0.2, 0) is 21.3 Å². The molecule has 0 spiro atoms.